The van der Waals surface area contributed by atoms with Crippen LogP contribution in [-0.2, 0) is 20.9 Å². The maximum absolute atomic E-state index is 13.3. The fourth-order valence-corrected chi connectivity index (χ4v) is 1.22. The molecule has 0 aromatic heterocycles. The van der Waals surface area contributed by atoms with E-state index in [1.807, 2.05) is 0 Å². The van der Waals surface area contributed by atoms with Crippen LogP contribution in [0.3, 0.4) is 0 Å². The standard InChI is InChI=1S/C11H11F2NO3/c1-14(10(15)11(16)17-2)6-7-3-4-8(12)5-9(7)13/h3-5H,6H2,1-2H3. The van der Waals surface area contributed by atoms with Gasteiger partial charge in [0.25, 0.3) is 0 Å². The van der Waals surface area contributed by atoms with Crippen LogP contribution in [0.1, 0.15) is 5.56 Å². The number of ether oxygens (including phenoxy) is 1. The molecule has 0 spiro atoms. The zero-order chi connectivity index (χ0) is 13.0. The highest BCUT2D eigenvalue weighted by Crippen LogP contribution is 2.11. The highest BCUT2D eigenvalue weighted by molar-refractivity contribution is 6.32. The average Bonchev–Trinajstić information content (AvgIpc) is 2.30. The van der Waals surface area contributed by atoms with Gasteiger partial charge in [0.05, 0.1) is 7.11 Å². The van der Waals surface area contributed by atoms with Crippen LogP contribution in [0.5, 0.6) is 0 Å². The summed E-state index contributed by atoms with van der Waals surface area (Å²) in [7, 11) is 2.40. The monoisotopic (exact) mass is 243 g/mol. The summed E-state index contributed by atoms with van der Waals surface area (Å²) < 4.78 is 30.1. The van der Waals surface area contributed by atoms with Crippen LogP contribution in [0, 0.1) is 11.6 Å². The van der Waals surface area contributed by atoms with Gasteiger partial charge < -0.3 is 9.64 Å². The number of nitrogens with zero attached hydrogens (tertiary/aromatic N) is 1. The summed E-state index contributed by atoms with van der Waals surface area (Å²) in [6, 6.07) is 3.01. The smallest absolute Gasteiger partial charge is 0.396 e. The molecule has 1 rings (SSSR count). The van der Waals surface area contributed by atoms with E-state index in [0.717, 1.165) is 18.1 Å². The SMILES string of the molecule is COC(=O)C(=O)N(C)Cc1ccc(F)cc1F. The van der Waals surface area contributed by atoms with Gasteiger partial charge >= 0.3 is 11.9 Å². The lowest BCUT2D eigenvalue weighted by Gasteiger charge is -2.15. The van der Waals surface area contributed by atoms with E-state index < -0.39 is 23.5 Å². The highest BCUT2D eigenvalue weighted by Gasteiger charge is 2.20. The molecule has 0 saturated carbocycles. The molecular formula is C11H11F2NO3. The van der Waals surface area contributed by atoms with Crippen molar-refractivity contribution in [3.05, 3.63) is 35.4 Å². The van der Waals surface area contributed by atoms with Gasteiger partial charge in [0.1, 0.15) is 11.6 Å². The largest absolute Gasteiger partial charge is 0.462 e. The minimum atomic E-state index is -1.03. The Bertz CT molecular complexity index is 448. The van der Waals surface area contributed by atoms with E-state index in [1.54, 1.807) is 0 Å². The topological polar surface area (TPSA) is 46.6 Å². The molecule has 6 heteroatoms. The molecule has 0 radical (unpaired) electrons. The number of hydrogen-bond donors (Lipinski definition) is 0. The lowest BCUT2D eigenvalue weighted by Crippen LogP contribution is -2.33. The van der Waals surface area contributed by atoms with Crippen LogP contribution >= 0.6 is 0 Å². The lowest BCUT2D eigenvalue weighted by molar-refractivity contribution is -0.157. The molecule has 0 unspecified atom stereocenters. The van der Waals surface area contributed by atoms with Gasteiger partial charge in [-0.3, -0.25) is 4.79 Å². The Morgan fingerprint density at radius 1 is 1.35 bits per heavy atom. The van der Waals surface area contributed by atoms with E-state index in [2.05, 4.69) is 4.74 Å². The molecule has 1 amide bonds. The molecular weight excluding hydrogens is 232 g/mol. The molecule has 92 valence electrons. The Balaban J connectivity index is 2.77. The summed E-state index contributed by atoms with van der Waals surface area (Å²) in [5, 5.41) is 0. The van der Waals surface area contributed by atoms with Crippen LogP contribution in [0.15, 0.2) is 18.2 Å². The molecule has 1 aromatic carbocycles. The van der Waals surface area contributed by atoms with Crippen LogP contribution in [-0.4, -0.2) is 30.9 Å². The van der Waals surface area contributed by atoms with Gasteiger partial charge in [-0.15, -0.1) is 0 Å². The summed E-state index contributed by atoms with van der Waals surface area (Å²) in [5.74, 6) is -3.39. The van der Waals surface area contributed by atoms with Crippen molar-refractivity contribution in [1.82, 2.24) is 4.90 Å². The third kappa shape index (κ3) is 3.24. The van der Waals surface area contributed by atoms with Crippen molar-refractivity contribution in [2.24, 2.45) is 0 Å². The molecule has 0 fully saturated rings. The number of carbonyl (C=O) groups is 2. The number of carbonyl (C=O) groups excluding carboxylic acids is 2. The second-order valence-corrected chi connectivity index (χ2v) is 3.39. The van der Waals surface area contributed by atoms with E-state index in [9.17, 15) is 18.4 Å². The molecule has 17 heavy (non-hydrogen) atoms. The first kappa shape index (κ1) is 13.1. The second-order valence-electron chi connectivity index (χ2n) is 3.39. The maximum atomic E-state index is 13.3. The van der Waals surface area contributed by atoms with Gasteiger partial charge in [-0.2, -0.15) is 0 Å². The van der Waals surface area contributed by atoms with Crippen molar-refractivity contribution in [2.45, 2.75) is 6.54 Å². The Labute approximate surface area is 96.8 Å². The van der Waals surface area contributed by atoms with Gasteiger partial charge in [0, 0.05) is 25.2 Å². The first-order chi connectivity index (χ1) is 7.95. The molecule has 0 aliphatic rings. The van der Waals surface area contributed by atoms with E-state index >= 15 is 0 Å². The lowest BCUT2D eigenvalue weighted by atomic mass is 10.2. The number of methoxy groups -OCH3 is 1. The van der Waals surface area contributed by atoms with E-state index in [4.69, 9.17) is 0 Å². The van der Waals surface area contributed by atoms with Crippen LogP contribution in [0.25, 0.3) is 0 Å². The van der Waals surface area contributed by atoms with Crippen molar-refractivity contribution in [1.29, 1.82) is 0 Å². The summed E-state index contributed by atoms with van der Waals surface area (Å²) in [6.45, 7) is -0.139. The number of halogens is 2. The normalized spacial score (nSPS) is 9.88. The summed E-state index contributed by atoms with van der Waals surface area (Å²) in [4.78, 5) is 23.2. The van der Waals surface area contributed by atoms with Crippen molar-refractivity contribution >= 4 is 11.9 Å². The Kier molecular flexibility index (Phi) is 4.14. The molecule has 0 saturated heterocycles. The quantitative estimate of drug-likeness (QED) is 0.577. The summed E-state index contributed by atoms with van der Waals surface area (Å²) >= 11 is 0. The Hall–Kier alpha value is -1.98. The van der Waals surface area contributed by atoms with Crippen molar-refractivity contribution in [3.8, 4) is 0 Å². The molecule has 0 heterocycles. The number of hydrogen-bond acceptors (Lipinski definition) is 3. The number of rotatable bonds is 2. The third-order valence-corrected chi connectivity index (χ3v) is 2.13. The number of likely N-dealkylation sites (N-methyl/N-ethyl adjacent to an activating group) is 1. The fourth-order valence-electron chi connectivity index (χ4n) is 1.22. The average molecular weight is 243 g/mol. The minimum Gasteiger partial charge on any atom is -0.462 e. The van der Waals surface area contributed by atoms with Crippen molar-refractivity contribution in [2.75, 3.05) is 14.2 Å². The summed E-state index contributed by atoms with van der Waals surface area (Å²) in [5.41, 5.74) is 0.117. The highest BCUT2D eigenvalue weighted by atomic mass is 19.1. The van der Waals surface area contributed by atoms with Crippen LogP contribution in [0.4, 0.5) is 8.78 Å². The molecule has 0 atom stereocenters. The Morgan fingerprint density at radius 2 is 2.00 bits per heavy atom. The maximum Gasteiger partial charge on any atom is 0.396 e. The van der Waals surface area contributed by atoms with Gasteiger partial charge in [-0.1, -0.05) is 6.07 Å². The second kappa shape index (κ2) is 5.38. The van der Waals surface area contributed by atoms with Gasteiger partial charge in [0.2, 0.25) is 0 Å². The van der Waals surface area contributed by atoms with E-state index in [-0.39, 0.29) is 12.1 Å². The van der Waals surface area contributed by atoms with Gasteiger partial charge in [-0.05, 0) is 6.07 Å². The molecule has 1 aromatic rings. The number of amides is 1. The summed E-state index contributed by atoms with van der Waals surface area (Å²) in [6.07, 6.45) is 0. The zero-order valence-corrected chi connectivity index (χ0v) is 9.37. The van der Waals surface area contributed by atoms with E-state index in [1.165, 1.54) is 13.1 Å². The third-order valence-electron chi connectivity index (χ3n) is 2.13. The van der Waals surface area contributed by atoms with Crippen LogP contribution in [0.2, 0.25) is 0 Å². The van der Waals surface area contributed by atoms with Crippen molar-refractivity contribution < 1.29 is 23.1 Å². The first-order valence-corrected chi connectivity index (χ1v) is 4.73. The van der Waals surface area contributed by atoms with E-state index in [0.29, 0.717) is 6.07 Å². The molecule has 0 bridgehead atoms. The zero-order valence-electron chi connectivity index (χ0n) is 9.37. The number of esters is 1. The molecule has 0 N–H and O–H groups in total. The van der Waals surface area contributed by atoms with Crippen molar-refractivity contribution in [3.63, 3.8) is 0 Å². The number of benzene rings is 1. The minimum absolute atomic E-state index is 0.117. The first-order valence-electron chi connectivity index (χ1n) is 4.73. The van der Waals surface area contributed by atoms with Gasteiger partial charge in [0.15, 0.2) is 0 Å². The van der Waals surface area contributed by atoms with Gasteiger partial charge in [-0.25, -0.2) is 13.6 Å². The molecule has 4 nitrogen and oxygen atoms in total. The predicted molar refractivity (Wildman–Crippen MR) is 54.8 cm³/mol. The fraction of sp³-hybridized carbons (Fsp3) is 0.273. The van der Waals surface area contributed by atoms with Crippen LogP contribution < -0.4 is 0 Å². The molecule has 0 aliphatic heterocycles. The molecule has 0 aliphatic carbocycles. The Morgan fingerprint density at radius 3 is 2.53 bits per heavy atom. The predicted octanol–water partition coefficient (Wildman–Crippen LogP) is 1.10.